The number of carbonyl (C=O) groups is 1. The van der Waals surface area contributed by atoms with Gasteiger partial charge in [0.05, 0.1) is 0 Å². The van der Waals surface area contributed by atoms with E-state index in [0.717, 1.165) is 19.3 Å². The maximum atomic E-state index is 11.0. The topological polar surface area (TPSA) is 37.3 Å². The van der Waals surface area contributed by atoms with Gasteiger partial charge < -0.3 is 5.11 Å². The number of rotatable bonds is 2. The van der Waals surface area contributed by atoms with E-state index in [0.29, 0.717) is 5.57 Å². The Hall–Kier alpha value is -1.57. The van der Waals surface area contributed by atoms with Gasteiger partial charge in [0, 0.05) is 5.57 Å². The van der Waals surface area contributed by atoms with Gasteiger partial charge in [-0.1, -0.05) is 42.0 Å². The van der Waals surface area contributed by atoms with Crippen molar-refractivity contribution in [2.45, 2.75) is 33.1 Å². The lowest BCUT2D eigenvalue weighted by Crippen LogP contribution is -2.11. The van der Waals surface area contributed by atoms with E-state index < -0.39 is 5.97 Å². The van der Waals surface area contributed by atoms with E-state index in [4.69, 9.17) is 5.11 Å². The third-order valence-electron chi connectivity index (χ3n) is 3.12. The molecule has 92 valence electrons. The molecule has 0 saturated carbocycles. The Bertz CT molecular complexity index is 397. The van der Waals surface area contributed by atoms with Gasteiger partial charge in [-0.15, -0.1) is 0 Å². The number of hydrogen-bond acceptors (Lipinski definition) is 1. The highest BCUT2D eigenvalue weighted by Crippen LogP contribution is 2.24. The first-order valence-corrected chi connectivity index (χ1v) is 5.93. The lowest BCUT2D eigenvalue weighted by Gasteiger charge is -2.16. The van der Waals surface area contributed by atoms with Crippen molar-refractivity contribution < 1.29 is 9.90 Å². The Kier molecular flexibility index (Phi) is 4.95. The van der Waals surface area contributed by atoms with Gasteiger partial charge in [0.15, 0.2) is 0 Å². The lowest BCUT2D eigenvalue weighted by molar-refractivity contribution is -0.133. The molecule has 0 aliphatic heterocycles. The summed E-state index contributed by atoms with van der Waals surface area (Å²) in [6.07, 6.45) is 10.8. The van der Waals surface area contributed by atoms with Crippen LogP contribution in [0.2, 0.25) is 0 Å². The van der Waals surface area contributed by atoms with E-state index in [2.05, 4.69) is 31.7 Å². The molecule has 1 atom stereocenters. The van der Waals surface area contributed by atoms with Gasteiger partial charge in [-0.2, -0.15) is 0 Å². The minimum Gasteiger partial charge on any atom is -0.478 e. The number of allylic oxidation sites excluding steroid dienone is 6. The van der Waals surface area contributed by atoms with Crippen LogP contribution >= 0.6 is 0 Å². The van der Waals surface area contributed by atoms with Crippen LogP contribution in [0, 0.1) is 5.92 Å². The fraction of sp³-hybridized carbons (Fsp3) is 0.400. The van der Waals surface area contributed by atoms with Crippen molar-refractivity contribution in [3.05, 3.63) is 47.6 Å². The van der Waals surface area contributed by atoms with Gasteiger partial charge in [0.25, 0.3) is 0 Å². The van der Waals surface area contributed by atoms with Crippen molar-refractivity contribution in [1.29, 1.82) is 0 Å². The summed E-state index contributed by atoms with van der Waals surface area (Å²) in [5.74, 6) is -0.840. The summed E-state index contributed by atoms with van der Waals surface area (Å²) in [7, 11) is 0. The summed E-state index contributed by atoms with van der Waals surface area (Å²) in [6, 6.07) is 0. The van der Waals surface area contributed by atoms with Crippen molar-refractivity contribution in [3.8, 4) is 0 Å². The molecule has 1 N–H and O–H groups in total. The summed E-state index contributed by atoms with van der Waals surface area (Å²) in [6.45, 7) is 7.79. The number of carboxylic acids is 1. The minimum atomic E-state index is -0.879. The van der Waals surface area contributed by atoms with Crippen LogP contribution in [0.4, 0.5) is 0 Å². The lowest BCUT2D eigenvalue weighted by atomic mass is 9.89. The van der Waals surface area contributed by atoms with E-state index in [1.165, 1.54) is 11.1 Å². The predicted molar refractivity (Wildman–Crippen MR) is 70.8 cm³/mol. The molecular formula is C15H20O2. The first-order chi connectivity index (χ1) is 8.00. The average Bonchev–Trinajstić information content (AvgIpc) is 2.28. The molecule has 0 radical (unpaired) electrons. The predicted octanol–water partition coefficient (Wildman–Crippen LogP) is 3.88. The molecule has 0 heterocycles. The van der Waals surface area contributed by atoms with Crippen LogP contribution in [0.1, 0.15) is 33.1 Å². The Morgan fingerprint density at radius 2 is 2.18 bits per heavy atom. The van der Waals surface area contributed by atoms with Crippen molar-refractivity contribution in [2.75, 3.05) is 0 Å². The maximum Gasteiger partial charge on any atom is 0.331 e. The van der Waals surface area contributed by atoms with Gasteiger partial charge in [-0.3, -0.25) is 0 Å². The van der Waals surface area contributed by atoms with Crippen LogP contribution in [0.3, 0.4) is 0 Å². The van der Waals surface area contributed by atoms with Crippen molar-refractivity contribution in [3.63, 3.8) is 0 Å². The molecule has 0 aromatic rings. The van der Waals surface area contributed by atoms with E-state index in [1.54, 1.807) is 0 Å². The largest absolute Gasteiger partial charge is 0.478 e. The van der Waals surface area contributed by atoms with E-state index in [-0.39, 0.29) is 5.92 Å². The molecule has 1 aliphatic carbocycles. The Labute approximate surface area is 103 Å². The van der Waals surface area contributed by atoms with Crippen LogP contribution in [0.5, 0.6) is 0 Å². The standard InChI is InChI=1S/C15H20O2/c1-11-5-4-6-12(2)8-10-14(9-7-11)13(3)15(16)17/h4-7,14H,3,8-10H2,1-2H3,(H,16,17)/t14-/m0/s1. The first-order valence-electron chi connectivity index (χ1n) is 5.93. The molecule has 2 nitrogen and oxygen atoms in total. The highest BCUT2D eigenvalue weighted by atomic mass is 16.4. The highest BCUT2D eigenvalue weighted by molar-refractivity contribution is 5.86. The summed E-state index contributed by atoms with van der Waals surface area (Å²) in [4.78, 5) is 11.0. The van der Waals surface area contributed by atoms with Gasteiger partial charge in [-0.25, -0.2) is 4.79 Å². The third kappa shape index (κ3) is 4.43. The van der Waals surface area contributed by atoms with Crippen LogP contribution < -0.4 is 0 Å². The maximum absolute atomic E-state index is 11.0. The van der Waals surface area contributed by atoms with Crippen molar-refractivity contribution in [2.24, 2.45) is 5.92 Å². The fourth-order valence-corrected chi connectivity index (χ4v) is 1.85. The Morgan fingerprint density at radius 1 is 1.47 bits per heavy atom. The first kappa shape index (κ1) is 13.5. The molecule has 1 aliphatic rings. The van der Waals surface area contributed by atoms with Gasteiger partial charge in [-0.05, 0) is 39.0 Å². The van der Waals surface area contributed by atoms with E-state index >= 15 is 0 Å². The SMILES string of the molecule is C=C(C(=O)O)[C@H]1CC=C(C)C=CC=C(C)CC1. The summed E-state index contributed by atoms with van der Waals surface area (Å²) >= 11 is 0. The molecule has 0 aromatic carbocycles. The molecule has 2 heteroatoms. The highest BCUT2D eigenvalue weighted by Gasteiger charge is 2.17. The molecule has 1 rings (SSSR count). The normalized spacial score (nSPS) is 21.4. The third-order valence-corrected chi connectivity index (χ3v) is 3.12. The molecule has 0 aromatic heterocycles. The quantitative estimate of drug-likeness (QED) is 0.734. The second-order valence-electron chi connectivity index (χ2n) is 4.62. The molecular weight excluding hydrogens is 212 g/mol. The summed E-state index contributed by atoms with van der Waals surface area (Å²) < 4.78 is 0. The zero-order chi connectivity index (χ0) is 12.8. The molecule has 0 fully saturated rings. The zero-order valence-electron chi connectivity index (χ0n) is 10.6. The minimum absolute atomic E-state index is 0.0392. The van der Waals surface area contributed by atoms with Gasteiger partial charge in [0.1, 0.15) is 0 Å². The Morgan fingerprint density at radius 3 is 2.82 bits per heavy atom. The molecule has 0 saturated heterocycles. The van der Waals surface area contributed by atoms with Crippen LogP contribution in [-0.4, -0.2) is 11.1 Å². The monoisotopic (exact) mass is 232 g/mol. The smallest absolute Gasteiger partial charge is 0.331 e. The van der Waals surface area contributed by atoms with Crippen LogP contribution in [-0.2, 0) is 4.79 Å². The number of hydrogen-bond donors (Lipinski definition) is 1. The van der Waals surface area contributed by atoms with Gasteiger partial charge in [0.2, 0.25) is 0 Å². The molecule has 17 heavy (non-hydrogen) atoms. The summed E-state index contributed by atoms with van der Waals surface area (Å²) in [5, 5.41) is 9.01. The van der Waals surface area contributed by atoms with E-state index in [1.807, 2.05) is 13.0 Å². The van der Waals surface area contributed by atoms with Gasteiger partial charge >= 0.3 is 5.97 Å². The van der Waals surface area contributed by atoms with Crippen LogP contribution in [0.25, 0.3) is 0 Å². The fourth-order valence-electron chi connectivity index (χ4n) is 1.85. The number of aliphatic carboxylic acids is 1. The van der Waals surface area contributed by atoms with Crippen molar-refractivity contribution >= 4 is 5.97 Å². The van der Waals surface area contributed by atoms with E-state index in [9.17, 15) is 4.79 Å². The molecule has 0 amide bonds. The van der Waals surface area contributed by atoms with Crippen LogP contribution in [0.15, 0.2) is 47.6 Å². The molecule has 0 unspecified atom stereocenters. The molecule has 0 bridgehead atoms. The molecule has 0 spiro atoms. The zero-order valence-corrected chi connectivity index (χ0v) is 10.6. The second-order valence-corrected chi connectivity index (χ2v) is 4.62. The summed E-state index contributed by atoms with van der Waals surface area (Å²) in [5.41, 5.74) is 2.77. The Balaban J connectivity index is 2.88. The van der Waals surface area contributed by atoms with Crippen molar-refractivity contribution in [1.82, 2.24) is 0 Å². The number of carboxylic acid groups (broad SMARTS) is 1. The second kappa shape index (κ2) is 6.24. The average molecular weight is 232 g/mol.